The minimum absolute atomic E-state index is 0.0466. The fourth-order valence-electron chi connectivity index (χ4n) is 4.10. The molecule has 176 valence electrons. The van der Waals surface area contributed by atoms with E-state index in [0.717, 1.165) is 25.1 Å². The van der Waals surface area contributed by atoms with E-state index >= 15 is 0 Å². The van der Waals surface area contributed by atoms with Crippen LogP contribution in [-0.2, 0) is 14.3 Å². The van der Waals surface area contributed by atoms with Crippen molar-refractivity contribution in [1.82, 2.24) is 9.80 Å². The normalized spacial score (nSPS) is 19.5. The average Bonchev–Trinajstić information content (AvgIpc) is 2.78. The van der Waals surface area contributed by atoms with Crippen molar-refractivity contribution in [3.63, 3.8) is 0 Å². The topological polar surface area (TPSA) is 79.4 Å². The molecule has 2 aliphatic rings. The fraction of sp³-hybridized carbons (Fsp3) is 0.625. The summed E-state index contributed by atoms with van der Waals surface area (Å²) in [6.45, 7) is 11.0. The highest BCUT2D eigenvalue weighted by Gasteiger charge is 2.29. The molecule has 2 aliphatic heterocycles. The van der Waals surface area contributed by atoms with Gasteiger partial charge in [0.1, 0.15) is 5.60 Å². The second-order valence-electron chi connectivity index (χ2n) is 9.35. The Kier molecular flexibility index (Phi) is 7.64. The van der Waals surface area contributed by atoms with Crippen molar-refractivity contribution in [1.29, 1.82) is 0 Å². The molecule has 1 aromatic carbocycles. The van der Waals surface area contributed by atoms with Crippen molar-refractivity contribution >= 4 is 23.7 Å². The number of hydrogen-bond acceptors (Lipinski definition) is 6. The van der Waals surface area contributed by atoms with Gasteiger partial charge in [-0.3, -0.25) is 9.59 Å². The van der Waals surface area contributed by atoms with E-state index < -0.39 is 5.60 Å². The van der Waals surface area contributed by atoms with Crippen molar-refractivity contribution in [2.45, 2.75) is 46.1 Å². The Morgan fingerprint density at radius 3 is 2.38 bits per heavy atom. The van der Waals surface area contributed by atoms with Gasteiger partial charge in [0.2, 0.25) is 0 Å². The standard InChI is InChI=1S/C24H35N3O5/c1-5-31-22(29)19-9-7-11-27(17-19)20-10-6-8-18(16-20)21(28)25-12-14-26(15-13-25)23(30)32-24(2,3)4/h6,8,10,16,19H,5,7,9,11-15,17H2,1-4H3/t19-/m1/s1. The maximum atomic E-state index is 13.1. The van der Waals surface area contributed by atoms with Crippen LogP contribution in [0.4, 0.5) is 10.5 Å². The highest BCUT2D eigenvalue weighted by molar-refractivity contribution is 5.95. The van der Waals surface area contributed by atoms with Crippen LogP contribution >= 0.6 is 0 Å². The molecule has 0 saturated carbocycles. The largest absolute Gasteiger partial charge is 0.466 e. The zero-order valence-corrected chi connectivity index (χ0v) is 19.6. The molecule has 3 rings (SSSR count). The molecule has 2 fully saturated rings. The Bertz CT molecular complexity index is 827. The van der Waals surface area contributed by atoms with Gasteiger partial charge in [-0.15, -0.1) is 0 Å². The van der Waals surface area contributed by atoms with Gasteiger partial charge in [-0.2, -0.15) is 0 Å². The van der Waals surface area contributed by atoms with Gasteiger partial charge >= 0.3 is 12.1 Å². The Hall–Kier alpha value is -2.77. The number of benzene rings is 1. The number of nitrogens with zero attached hydrogens (tertiary/aromatic N) is 3. The molecule has 0 unspecified atom stereocenters. The van der Waals surface area contributed by atoms with Gasteiger partial charge in [0.05, 0.1) is 12.5 Å². The Labute approximate surface area is 190 Å². The monoisotopic (exact) mass is 445 g/mol. The molecular weight excluding hydrogens is 410 g/mol. The summed E-state index contributed by atoms with van der Waals surface area (Å²) >= 11 is 0. The molecule has 0 bridgehead atoms. The van der Waals surface area contributed by atoms with Crippen LogP contribution in [0.3, 0.4) is 0 Å². The van der Waals surface area contributed by atoms with Crippen LogP contribution in [0.15, 0.2) is 24.3 Å². The predicted octanol–water partition coefficient (Wildman–Crippen LogP) is 3.16. The smallest absolute Gasteiger partial charge is 0.410 e. The molecule has 8 heteroatoms. The number of hydrogen-bond donors (Lipinski definition) is 0. The quantitative estimate of drug-likeness (QED) is 0.663. The second-order valence-corrected chi connectivity index (χ2v) is 9.35. The first-order valence-electron chi connectivity index (χ1n) is 11.5. The lowest BCUT2D eigenvalue weighted by Gasteiger charge is -2.36. The summed E-state index contributed by atoms with van der Waals surface area (Å²) in [6.07, 6.45) is 1.40. The van der Waals surface area contributed by atoms with E-state index in [1.807, 2.05) is 52.0 Å². The van der Waals surface area contributed by atoms with Crippen LogP contribution < -0.4 is 4.90 Å². The van der Waals surface area contributed by atoms with Crippen LogP contribution in [-0.4, -0.2) is 79.2 Å². The second kappa shape index (κ2) is 10.2. The highest BCUT2D eigenvalue weighted by atomic mass is 16.6. The molecule has 32 heavy (non-hydrogen) atoms. The van der Waals surface area contributed by atoms with Crippen molar-refractivity contribution < 1.29 is 23.9 Å². The third-order valence-electron chi connectivity index (χ3n) is 5.72. The molecule has 2 heterocycles. The molecule has 1 atom stereocenters. The number of rotatable bonds is 4. The van der Waals surface area contributed by atoms with Crippen LogP contribution in [0.2, 0.25) is 0 Å². The van der Waals surface area contributed by atoms with Gasteiger partial charge in [-0.05, 0) is 58.7 Å². The Balaban J connectivity index is 1.60. The van der Waals surface area contributed by atoms with Crippen LogP contribution in [0, 0.1) is 5.92 Å². The Morgan fingerprint density at radius 1 is 1.03 bits per heavy atom. The van der Waals surface area contributed by atoms with Crippen LogP contribution in [0.5, 0.6) is 0 Å². The number of anilines is 1. The summed E-state index contributed by atoms with van der Waals surface area (Å²) in [6, 6.07) is 7.58. The average molecular weight is 446 g/mol. The number of ether oxygens (including phenoxy) is 2. The van der Waals surface area contributed by atoms with Crippen molar-refractivity contribution in [3.05, 3.63) is 29.8 Å². The molecule has 0 aromatic heterocycles. The van der Waals surface area contributed by atoms with E-state index in [9.17, 15) is 14.4 Å². The first-order chi connectivity index (χ1) is 15.2. The number of piperidine rings is 1. The molecule has 0 radical (unpaired) electrons. The van der Waals surface area contributed by atoms with E-state index in [1.54, 1.807) is 9.80 Å². The van der Waals surface area contributed by atoms with Crippen molar-refractivity contribution in [2.75, 3.05) is 50.8 Å². The predicted molar refractivity (Wildman–Crippen MR) is 122 cm³/mol. The van der Waals surface area contributed by atoms with E-state index in [4.69, 9.17) is 9.47 Å². The first-order valence-corrected chi connectivity index (χ1v) is 11.5. The zero-order chi connectivity index (χ0) is 23.3. The molecular formula is C24H35N3O5. The van der Waals surface area contributed by atoms with Gasteiger partial charge in [0.15, 0.2) is 0 Å². The molecule has 8 nitrogen and oxygen atoms in total. The third-order valence-corrected chi connectivity index (χ3v) is 5.72. The molecule has 2 saturated heterocycles. The number of piperazine rings is 1. The molecule has 1 aromatic rings. The molecule has 0 spiro atoms. The summed E-state index contributed by atoms with van der Waals surface area (Å²) in [5, 5.41) is 0. The summed E-state index contributed by atoms with van der Waals surface area (Å²) in [5.74, 6) is -0.328. The van der Waals surface area contributed by atoms with E-state index in [1.165, 1.54) is 0 Å². The summed E-state index contributed by atoms with van der Waals surface area (Å²) in [5.41, 5.74) is 1.02. The lowest BCUT2D eigenvalue weighted by atomic mass is 9.97. The molecule has 0 N–H and O–H groups in total. The third kappa shape index (κ3) is 6.14. The van der Waals surface area contributed by atoms with Crippen LogP contribution in [0.25, 0.3) is 0 Å². The van der Waals surface area contributed by atoms with Gasteiger partial charge in [-0.1, -0.05) is 6.07 Å². The van der Waals surface area contributed by atoms with Crippen molar-refractivity contribution in [3.8, 4) is 0 Å². The van der Waals surface area contributed by atoms with E-state index in [2.05, 4.69) is 4.90 Å². The lowest BCUT2D eigenvalue weighted by molar-refractivity contribution is -0.148. The Morgan fingerprint density at radius 2 is 1.72 bits per heavy atom. The van der Waals surface area contributed by atoms with E-state index in [-0.39, 0.29) is 23.9 Å². The first kappa shape index (κ1) is 23.9. The minimum atomic E-state index is -0.536. The minimum Gasteiger partial charge on any atom is -0.466 e. The summed E-state index contributed by atoms with van der Waals surface area (Å²) < 4.78 is 10.6. The number of carbonyl (C=O) groups excluding carboxylic acids is 3. The maximum Gasteiger partial charge on any atom is 0.410 e. The number of amides is 2. The zero-order valence-electron chi connectivity index (χ0n) is 19.6. The van der Waals surface area contributed by atoms with Gasteiger partial charge < -0.3 is 24.2 Å². The SMILES string of the molecule is CCOC(=O)[C@@H]1CCCN(c2cccc(C(=O)N3CCN(C(=O)OC(C)(C)C)CC3)c2)C1. The van der Waals surface area contributed by atoms with Gasteiger partial charge in [-0.25, -0.2) is 4.79 Å². The van der Waals surface area contributed by atoms with E-state index in [0.29, 0.717) is 44.9 Å². The summed E-state index contributed by atoms with van der Waals surface area (Å²) in [4.78, 5) is 43.1. The molecule has 2 amide bonds. The van der Waals surface area contributed by atoms with Gasteiger partial charge in [0, 0.05) is 50.5 Å². The van der Waals surface area contributed by atoms with Crippen molar-refractivity contribution in [2.24, 2.45) is 5.92 Å². The van der Waals surface area contributed by atoms with Crippen LogP contribution in [0.1, 0.15) is 50.9 Å². The highest BCUT2D eigenvalue weighted by Crippen LogP contribution is 2.25. The lowest BCUT2D eigenvalue weighted by Crippen LogP contribution is -2.51. The summed E-state index contributed by atoms with van der Waals surface area (Å²) in [7, 11) is 0. The maximum absolute atomic E-state index is 13.1. The fourth-order valence-corrected chi connectivity index (χ4v) is 4.10. The number of carbonyl (C=O) groups is 3. The molecule has 0 aliphatic carbocycles. The number of esters is 1. The van der Waals surface area contributed by atoms with Gasteiger partial charge in [0.25, 0.3) is 5.91 Å².